The summed E-state index contributed by atoms with van der Waals surface area (Å²) < 4.78 is 17.6. The van der Waals surface area contributed by atoms with Crippen molar-refractivity contribution in [3.63, 3.8) is 0 Å². The molecule has 0 aliphatic carbocycles. The first-order valence-electron chi connectivity index (χ1n) is 36.6. The van der Waals surface area contributed by atoms with E-state index in [0.717, 1.165) is 9.80 Å². The van der Waals surface area contributed by atoms with Gasteiger partial charge in [0.25, 0.3) is 0 Å². The van der Waals surface area contributed by atoms with Gasteiger partial charge in [-0.05, 0) is 88.5 Å². The van der Waals surface area contributed by atoms with E-state index < -0.39 is 179 Å². The van der Waals surface area contributed by atoms with E-state index in [1.54, 1.807) is 80.2 Å². The van der Waals surface area contributed by atoms with E-state index in [4.69, 9.17) is 14.2 Å². The monoisotopic (exact) mass is 1430 g/mol. The number of likely N-dealkylation sites (N-methyl/N-ethyl adjacent to an activating group) is 8. The number of ether oxygens (including phenoxy) is 3. The molecule has 2 rings (SSSR count). The first-order chi connectivity index (χ1) is 46.9. The second-order valence-electron chi connectivity index (χ2n) is 30.8. The van der Waals surface area contributed by atoms with Gasteiger partial charge in [-0.2, -0.15) is 0 Å². The number of carbonyl (C=O) groups is 13. The highest BCUT2D eigenvalue weighted by atomic mass is 16.6. The van der Waals surface area contributed by atoms with Crippen molar-refractivity contribution < 1.29 is 76.5 Å². The van der Waals surface area contributed by atoms with Gasteiger partial charge in [-0.25, -0.2) is 4.79 Å². The SMILES string of the molecule is C/C=C/C[C@@H](C)[C@@H](OC(C)=O)[C@H]1C(=O)N[C@@H](CC)C(=O)N(C)[C@H](C)C(=O)N(C)[C@@H]([C@H](C)COCCOC(=O)N2CCN(C)CC2)C(=O)C[C@@H](C(C)C)C(=O)N(C)[C@@H](CC(C)C)C(=O)C[C@@H](C)C(=O)C[C@H](C)C(=O)N(C)[C@@H](CC(C)C)C(=O)N(C)[C@@H](CC(C)C)C(=O)N(C)[C@@H](C(C)C)C(=O)N1C. The molecule has 0 unspecified atom stereocenters. The predicted octanol–water partition coefficient (Wildman–Crippen LogP) is 6.49. The lowest BCUT2D eigenvalue weighted by atomic mass is 9.83. The Balaban J connectivity index is 3.07. The molecule has 101 heavy (non-hydrogen) atoms. The van der Waals surface area contributed by atoms with Crippen molar-refractivity contribution in [1.82, 2.24) is 49.4 Å². The van der Waals surface area contributed by atoms with Gasteiger partial charge in [-0.1, -0.05) is 116 Å². The summed E-state index contributed by atoms with van der Waals surface area (Å²) >= 11 is 0. The molecule has 1 N–H and O–H groups in total. The number of piperazine rings is 1. The average molecular weight is 1430 g/mol. The number of hydrogen-bond donors (Lipinski definition) is 1. The molecule has 0 aromatic heterocycles. The summed E-state index contributed by atoms with van der Waals surface area (Å²) in [4.78, 5) is 204. The lowest BCUT2D eigenvalue weighted by Crippen LogP contribution is -2.64. The summed E-state index contributed by atoms with van der Waals surface area (Å²) in [6.45, 7) is 33.1. The summed E-state index contributed by atoms with van der Waals surface area (Å²) in [6.07, 6.45) is 1.54. The number of rotatable bonds is 20. The van der Waals surface area contributed by atoms with Crippen molar-refractivity contribution in [3.05, 3.63) is 12.2 Å². The van der Waals surface area contributed by atoms with Crippen LogP contribution in [-0.4, -0.2) is 278 Å². The number of nitrogens with zero attached hydrogens (tertiary/aromatic N) is 9. The van der Waals surface area contributed by atoms with Gasteiger partial charge >= 0.3 is 12.1 Å². The molecule has 2 saturated heterocycles. The number of allylic oxidation sites excluding steroid dienone is 2. The van der Waals surface area contributed by atoms with Gasteiger partial charge in [0.05, 0.1) is 25.3 Å². The summed E-state index contributed by atoms with van der Waals surface area (Å²) in [5.74, 6) is -13.3. The van der Waals surface area contributed by atoms with E-state index in [1.807, 2.05) is 54.7 Å². The molecule has 576 valence electrons. The normalized spacial score (nSPS) is 26.8. The molecule has 2 fully saturated rings. The van der Waals surface area contributed by atoms with Crippen molar-refractivity contribution in [2.75, 3.05) is 102 Å². The molecule has 9 amide bonds. The Labute approximate surface area is 604 Å². The minimum atomic E-state index is -1.64. The number of esters is 1. The van der Waals surface area contributed by atoms with Crippen molar-refractivity contribution in [1.29, 1.82) is 0 Å². The van der Waals surface area contributed by atoms with Crippen molar-refractivity contribution in [3.8, 4) is 0 Å². The molecule has 26 heteroatoms. The second-order valence-corrected chi connectivity index (χ2v) is 30.8. The van der Waals surface area contributed by atoms with Crippen LogP contribution in [0, 0.1) is 59.2 Å². The Morgan fingerprint density at radius 2 is 1.00 bits per heavy atom. The summed E-state index contributed by atoms with van der Waals surface area (Å²) in [7, 11) is 12.0. The van der Waals surface area contributed by atoms with Crippen LogP contribution in [0.25, 0.3) is 0 Å². The lowest BCUT2D eigenvalue weighted by molar-refractivity contribution is -0.164. The van der Waals surface area contributed by atoms with Crippen molar-refractivity contribution in [2.24, 2.45) is 59.2 Å². The maximum Gasteiger partial charge on any atom is 0.409 e. The molecule has 0 aromatic rings. The molecule has 2 heterocycles. The minimum Gasteiger partial charge on any atom is -0.459 e. The van der Waals surface area contributed by atoms with Gasteiger partial charge in [0.2, 0.25) is 47.3 Å². The maximum absolute atomic E-state index is 15.6. The third-order valence-electron chi connectivity index (χ3n) is 20.1. The topological polar surface area (TPSA) is 291 Å². The zero-order valence-electron chi connectivity index (χ0n) is 66.3. The summed E-state index contributed by atoms with van der Waals surface area (Å²) in [6, 6.07) is -10.3. The van der Waals surface area contributed by atoms with Gasteiger partial charge in [0.15, 0.2) is 11.6 Å². The average Bonchev–Trinajstić information content (AvgIpc) is 0.801. The van der Waals surface area contributed by atoms with Crippen LogP contribution in [-0.2, 0) is 71.7 Å². The Morgan fingerprint density at radius 1 is 0.515 bits per heavy atom. The number of hydrogen-bond acceptors (Lipinski definition) is 17. The fourth-order valence-electron chi connectivity index (χ4n) is 13.6. The molecule has 0 aromatic carbocycles. The van der Waals surface area contributed by atoms with Crippen LogP contribution in [0.15, 0.2) is 12.2 Å². The van der Waals surface area contributed by atoms with E-state index >= 15 is 38.4 Å². The highest BCUT2D eigenvalue weighted by Crippen LogP contribution is 2.30. The van der Waals surface area contributed by atoms with Crippen LogP contribution in [0.5, 0.6) is 0 Å². The largest absolute Gasteiger partial charge is 0.459 e. The van der Waals surface area contributed by atoms with Crippen molar-refractivity contribution in [2.45, 2.75) is 230 Å². The Hall–Kier alpha value is -6.83. The fourth-order valence-corrected chi connectivity index (χ4v) is 13.6. The Bertz CT molecular complexity index is 2840. The molecule has 2 aliphatic rings. The van der Waals surface area contributed by atoms with Gasteiger partial charge in [0, 0.05) is 125 Å². The molecular formula is C75H130N10O16. The van der Waals surface area contributed by atoms with Crippen LogP contribution in [0.1, 0.15) is 176 Å². The smallest absolute Gasteiger partial charge is 0.409 e. The Morgan fingerprint density at radius 3 is 1.50 bits per heavy atom. The highest BCUT2D eigenvalue weighted by Gasteiger charge is 2.48. The van der Waals surface area contributed by atoms with Crippen LogP contribution in [0.2, 0.25) is 0 Å². The maximum atomic E-state index is 15.6. The number of nitrogens with one attached hydrogen (secondary N) is 1. The number of carbonyl (C=O) groups excluding carboxylic acids is 13. The predicted molar refractivity (Wildman–Crippen MR) is 387 cm³/mol. The second kappa shape index (κ2) is 42.1. The number of ketones is 3. The van der Waals surface area contributed by atoms with Gasteiger partial charge in [-0.15, -0.1) is 0 Å². The van der Waals surface area contributed by atoms with E-state index in [0.29, 0.717) is 26.2 Å². The zero-order valence-corrected chi connectivity index (χ0v) is 66.3. The minimum absolute atomic E-state index is 0.0429. The molecular weight excluding hydrogens is 1300 g/mol. The quantitative estimate of drug-likeness (QED) is 0.0774. The molecule has 0 saturated carbocycles. The fraction of sp³-hybridized carbons (Fsp3) is 0.800. The summed E-state index contributed by atoms with van der Waals surface area (Å²) in [5.41, 5.74) is 0. The molecule has 26 nitrogen and oxygen atoms in total. The molecule has 0 bridgehead atoms. The van der Waals surface area contributed by atoms with Gasteiger partial charge < -0.3 is 63.6 Å². The van der Waals surface area contributed by atoms with E-state index in [-0.39, 0.29) is 82.5 Å². The van der Waals surface area contributed by atoms with E-state index in [9.17, 15) is 24.0 Å². The first-order valence-corrected chi connectivity index (χ1v) is 36.6. The number of amides is 9. The van der Waals surface area contributed by atoms with Crippen LogP contribution >= 0.6 is 0 Å². The lowest BCUT2D eigenvalue weighted by Gasteiger charge is -2.42. The summed E-state index contributed by atoms with van der Waals surface area (Å²) in [5, 5.41) is 2.83. The third-order valence-corrected chi connectivity index (χ3v) is 20.1. The third kappa shape index (κ3) is 25.8. The van der Waals surface area contributed by atoms with E-state index in [2.05, 4.69) is 10.2 Å². The molecule has 2 aliphatic heterocycles. The van der Waals surface area contributed by atoms with Crippen LogP contribution in [0.3, 0.4) is 0 Å². The zero-order chi connectivity index (χ0) is 77.5. The van der Waals surface area contributed by atoms with Gasteiger partial charge in [-0.3, -0.25) is 57.5 Å². The van der Waals surface area contributed by atoms with Gasteiger partial charge in [0.1, 0.15) is 54.7 Å². The molecule has 14 atom stereocenters. The number of Topliss-reactive ketones (excluding diaryl/α,β-unsaturated/α-hetero) is 3. The first kappa shape index (κ1) is 90.3. The van der Waals surface area contributed by atoms with E-state index in [1.165, 1.54) is 87.7 Å². The molecule has 0 spiro atoms. The Kier molecular flexibility index (Phi) is 37.6. The van der Waals surface area contributed by atoms with Crippen LogP contribution < -0.4 is 5.32 Å². The van der Waals surface area contributed by atoms with Crippen LogP contribution in [0.4, 0.5) is 4.79 Å². The highest BCUT2D eigenvalue weighted by molar-refractivity contribution is 6.00. The molecule has 0 radical (unpaired) electrons. The van der Waals surface area contributed by atoms with Crippen molar-refractivity contribution >= 4 is 76.7 Å². The standard InChI is InChI=1S/C75H130N10O16/c1-27-29-30-49(13)66(101-54(18)86)65-67(90)76-56(28-2)71(94)78(20)53(17)69(92)83(25)64(52(16)43-99-35-36-100-75(98)85-33-31-77(19)32-34-85)62(89)42-55(47(9)10)70(93)79(21)57(37-44(3)4)61(88)40-50(14)60(87)41-51(15)68(91)80(22)58(38-45(5)6)72(95)81(23)59(39-46(7)8)73(96)82(24)63(48(11)12)74(97)84(65)26/h27,29,44-53,55-59,63-66H,28,30-43H2,1-26H3,(H,76,90)/b29-27+/t49-,50-,51+,52-,53-,55+,56+,57+,58+,59+,63+,64+,65+,66-/m1/s1.